The second-order valence-electron chi connectivity index (χ2n) is 6.11. The van der Waals surface area contributed by atoms with Crippen LogP contribution in [0.25, 0.3) is 0 Å². The number of piperazine rings is 1. The molecule has 1 saturated heterocycles. The summed E-state index contributed by atoms with van der Waals surface area (Å²) in [6, 6.07) is 2.18. The molecule has 0 amide bonds. The molecule has 1 atom stereocenters. The average molecular weight is 332 g/mol. The predicted molar refractivity (Wildman–Crippen MR) is 95.4 cm³/mol. The SMILES string of the molecule is Cc1nc(NC(C)c2csc(C)n2)cc(N2CCN(C)CC2)n1. The number of thiazole rings is 1. The van der Waals surface area contributed by atoms with Crippen LogP contribution < -0.4 is 10.2 Å². The summed E-state index contributed by atoms with van der Waals surface area (Å²) in [5, 5.41) is 6.64. The van der Waals surface area contributed by atoms with E-state index in [9.17, 15) is 0 Å². The zero-order chi connectivity index (χ0) is 16.4. The first kappa shape index (κ1) is 16.1. The highest BCUT2D eigenvalue weighted by Crippen LogP contribution is 2.23. The Balaban J connectivity index is 1.75. The van der Waals surface area contributed by atoms with Gasteiger partial charge in [0.2, 0.25) is 0 Å². The molecular formula is C16H24N6S. The van der Waals surface area contributed by atoms with E-state index in [0.717, 1.165) is 54.3 Å². The van der Waals surface area contributed by atoms with Gasteiger partial charge >= 0.3 is 0 Å². The minimum absolute atomic E-state index is 0.134. The molecule has 0 saturated carbocycles. The van der Waals surface area contributed by atoms with Gasteiger partial charge in [-0.2, -0.15) is 0 Å². The first-order valence-electron chi connectivity index (χ1n) is 7.99. The summed E-state index contributed by atoms with van der Waals surface area (Å²) in [5.74, 6) is 2.67. The number of hydrogen-bond acceptors (Lipinski definition) is 7. The highest BCUT2D eigenvalue weighted by molar-refractivity contribution is 7.09. The molecule has 2 aromatic rings. The Hall–Kier alpha value is -1.73. The van der Waals surface area contributed by atoms with Crippen LogP contribution in [-0.2, 0) is 0 Å². The maximum absolute atomic E-state index is 4.61. The number of anilines is 2. The fourth-order valence-electron chi connectivity index (χ4n) is 2.70. The Labute approximate surface area is 141 Å². The Morgan fingerprint density at radius 2 is 1.87 bits per heavy atom. The van der Waals surface area contributed by atoms with Crippen LogP contribution in [-0.4, -0.2) is 53.1 Å². The summed E-state index contributed by atoms with van der Waals surface area (Å²) in [4.78, 5) is 18.4. The molecule has 1 fully saturated rings. The summed E-state index contributed by atoms with van der Waals surface area (Å²) in [7, 11) is 2.16. The van der Waals surface area contributed by atoms with E-state index in [4.69, 9.17) is 0 Å². The third-order valence-electron chi connectivity index (χ3n) is 4.10. The number of nitrogens with zero attached hydrogens (tertiary/aromatic N) is 5. The monoisotopic (exact) mass is 332 g/mol. The molecule has 2 aromatic heterocycles. The third-order valence-corrected chi connectivity index (χ3v) is 4.89. The molecular weight excluding hydrogens is 308 g/mol. The van der Waals surface area contributed by atoms with Crippen molar-refractivity contribution in [1.82, 2.24) is 19.9 Å². The summed E-state index contributed by atoms with van der Waals surface area (Å²) in [5.41, 5.74) is 1.06. The highest BCUT2D eigenvalue weighted by atomic mass is 32.1. The van der Waals surface area contributed by atoms with Crippen molar-refractivity contribution in [1.29, 1.82) is 0 Å². The Bertz CT molecular complexity index is 662. The molecule has 1 unspecified atom stereocenters. The van der Waals surface area contributed by atoms with Gasteiger partial charge in [-0.15, -0.1) is 11.3 Å². The largest absolute Gasteiger partial charge is 0.362 e. The highest BCUT2D eigenvalue weighted by Gasteiger charge is 2.17. The molecule has 3 rings (SSSR count). The minimum atomic E-state index is 0.134. The lowest BCUT2D eigenvalue weighted by Gasteiger charge is -2.33. The standard InChI is InChI=1S/C16H24N6S/c1-11(14-10-23-13(3)20-14)17-15-9-16(19-12(2)18-15)22-7-5-21(4)6-8-22/h9-11H,5-8H2,1-4H3,(H,17,18,19). The number of hydrogen-bond donors (Lipinski definition) is 1. The second kappa shape index (κ2) is 6.80. The molecule has 1 N–H and O–H groups in total. The normalized spacial score (nSPS) is 17.3. The van der Waals surface area contributed by atoms with E-state index in [1.807, 2.05) is 19.9 Å². The zero-order valence-electron chi connectivity index (χ0n) is 14.2. The van der Waals surface area contributed by atoms with Gasteiger partial charge in [-0.1, -0.05) is 0 Å². The van der Waals surface area contributed by atoms with Gasteiger partial charge in [0, 0.05) is 37.6 Å². The van der Waals surface area contributed by atoms with E-state index >= 15 is 0 Å². The topological polar surface area (TPSA) is 57.2 Å². The smallest absolute Gasteiger partial charge is 0.134 e. The van der Waals surface area contributed by atoms with Gasteiger partial charge in [0.15, 0.2) is 0 Å². The summed E-state index contributed by atoms with van der Waals surface area (Å²) < 4.78 is 0. The predicted octanol–water partition coefficient (Wildman–Crippen LogP) is 2.47. The van der Waals surface area contributed by atoms with Crippen LogP contribution in [0.5, 0.6) is 0 Å². The molecule has 3 heterocycles. The van der Waals surface area contributed by atoms with Crippen LogP contribution in [0.2, 0.25) is 0 Å². The fourth-order valence-corrected chi connectivity index (χ4v) is 3.40. The first-order chi connectivity index (χ1) is 11.0. The third kappa shape index (κ3) is 3.97. The lowest BCUT2D eigenvalue weighted by molar-refractivity contribution is 0.312. The molecule has 0 bridgehead atoms. The number of aryl methyl sites for hydroxylation is 2. The molecule has 0 aliphatic carbocycles. The quantitative estimate of drug-likeness (QED) is 0.928. The van der Waals surface area contributed by atoms with E-state index in [0.29, 0.717) is 0 Å². The van der Waals surface area contributed by atoms with Crippen molar-refractivity contribution in [3.63, 3.8) is 0 Å². The maximum Gasteiger partial charge on any atom is 0.134 e. The van der Waals surface area contributed by atoms with Crippen molar-refractivity contribution in [2.24, 2.45) is 0 Å². The lowest BCUT2D eigenvalue weighted by Crippen LogP contribution is -2.44. The van der Waals surface area contributed by atoms with E-state index < -0.39 is 0 Å². The fraction of sp³-hybridized carbons (Fsp3) is 0.562. The van der Waals surface area contributed by atoms with Crippen LogP contribution in [0.4, 0.5) is 11.6 Å². The molecule has 1 aliphatic rings. The van der Waals surface area contributed by atoms with E-state index in [1.165, 1.54) is 0 Å². The molecule has 7 heteroatoms. The van der Waals surface area contributed by atoms with Crippen LogP contribution in [0, 0.1) is 13.8 Å². The minimum Gasteiger partial charge on any atom is -0.362 e. The van der Waals surface area contributed by atoms with Gasteiger partial charge in [-0.25, -0.2) is 15.0 Å². The molecule has 124 valence electrons. The number of aromatic nitrogens is 3. The molecule has 0 aromatic carbocycles. The Morgan fingerprint density at radius 3 is 2.52 bits per heavy atom. The maximum atomic E-state index is 4.61. The lowest BCUT2D eigenvalue weighted by atomic mass is 10.2. The van der Waals surface area contributed by atoms with Crippen molar-refractivity contribution in [2.45, 2.75) is 26.8 Å². The van der Waals surface area contributed by atoms with Crippen LogP contribution in [0.3, 0.4) is 0 Å². The summed E-state index contributed by atoms with van der Waals surface area (Å²) >= 11 is 1.68. The second-order valence-corrected chi connectivity index (χ2v) is 7.17. The van der Waals surface area contributed by atoms with E-state index in [-0.39, 0.29) is 6.04 Å². The van der Waals surface area contributed by atoms with Crippen LogP contribution in [0.15, 0.2) is 11.4 Å². The van der Waals surface area contributed by atoms with Gasteiger partial charge in [0.1, 0.15) is 17.5 Å². The molecule has 0 radical (unpaired) electrons. The Morgan fingerprint density at radius 1 is 1.13 bits per heavy atom. The average Bonchev–Trinajstić information content (AvgIpc) is 2.94. The summed E-state index contributed by atoms with van der Waals surface area (Å²) in [6.07, 6.45) is 0. The number of likely N-dealkylation sites (N-methyl/N-ethyl adjacent to an activating group) is 1. The van der Waals surface area contributed by atoms with Crippen molar-refractivity contribution >= 4 is 23.0 Å². The zero-order valence-corrected chi connectivity index (χ0v) is 15.0. The van der Waals surface area contributed by atoms with Gasteiger partial charge in [0.25, 0.3) is 0 Å². The number of nitrogens with one attached hydrogen (secondary N) is 1. The van der Waals surface area contributed by atoms with E-state index in [2.05, 4.69) is 49.4 Å². The van der Waals surface area contributed by atoms with Crippen molar-refractivity contribution in [3.8, 4) is 0 Å². The van der Waals surface area contributed by atoms with Gasteiger partial charge < -0.3 is 15.1 Å². The van der Waals surface area contributed by atoms with Crippen molar-refractivity contribution in [3.05, 3.63) is 28.0 Å². The molecule has 1 aliphatic heterocycles. The number of rotatable bonds is 4. The summed E-state index contributed by atoms with van der Waals surface area (Å²) in [6.45, 7) is 10.2. The molecule has 23 heavy (non-hydrogen) atoms. The van der Waals surface area contributed by atoms with Crippen LogP contribution in [0.1, 0.15) is 29.5 Å². The van der Waals surface area contributed by atoms with E-state index in [1.54, 1.807) is 11.3 Å². The molecule has 6 nitrogen and oxygen atoms in total. The van der Waals surface area contributed by atoms with Crippen LogP contribution >= 0.6 is 11.3 Å². The van der Waals surface area contributed by atoms with Gasteiger partial charge in [0.05, 0.1) is 16.7 Å². The first-order valence-corrected chi connectivity index (χ1v) is 8.87. The molecule has 0 spiro atoms. The van der Waals surface area contributed by atoms with Gasteiger partial charge in [-0.3, -0.25) is 0 Å². The van der Waals surface area contributed by atoms with Crippen molar-refractivity contribution in [2.75, 3.05) is 43.4 Å². The Kier molecular flexibility index (Phi) is 4.77. The van der Waals surface area contributed by atoms with Crippen molar-refractivity contribution < 1.29 is 0 Å². The van der Waals surface area contributed by atoms with Gasteiger partial charge in [-0.05, 0) is 27.8 Å².